The van der Waals surface area contributed by atoms with Crippen molar-refractivity contribution in [3.63, 3.8) is 0 Å². The second kappa shape index (κ2) is 11.1. The van der Waals surface area contributed by atoms with E-state index in [4.69, 9.17) is 10.5 Å². The van der Waals surface area contributed by atoms with Crippen LogP contribution in [0.25, 0.3) is 0 Å². The number of hydrogen-bond donors (Lipinski definition) is 2. The van der Waals surface area contributed by atoms with E-state index >= 15 is 0 Å². The van der Waals surface area contributed by atoms with Crippen LogP contribution < -0.4 is 11.1 Å². The lowest BCUT2D eigenvalue weighted by Gasteiger charge is -2.31. The molecule has 0 aromatic heterocycles. The Kier molecular flexibility index (Phi) is 7.96. The molecule has 34 heavy (non-hydrogen) atoms. The quantitative estimate of drug-likeness (QED) is 0.191. The van der Waals surface area contributed by atoms with Crippen LogP contribution in [0, 0.1) is 0 Å². The molecule has 10 nitrogen and oxygen atoms in total. The van der Waals surface area contributed by atoms with Crippen molar-refractivity contribution in [1.29, 1.82) is 0 Å². The Bertz CT molecular complexity index is 1060. The number of nitrogens with two attached hydrogens (primary N) is 1. The molecule has 3 rings (SSSR count). The normalized spacial score (nSPS) is 13.9. The topological polar surface area (TPSA) is 134 Å². The molecule has 10 heteroatoms. The predicted octanol–water partition coefficient (Wildman–Crippen LogP) is 2.11. The van der Waals surface area contributed by atoms with Gasteiger partial charge in [-0.15, -0.1) is 0 Å². The largest absolute Gasteiger partial charge is 0.467 e. The van der Waals surface area contributed by atoms with Gasteiger partial charge in [0.2, 0.25) is 0 Å². The van der Waals surface area contributed by atoms with Crippen molar-refractivity contribution < 1.29 is 23.9 Å². The number of aliphatic imine (C=N–C) groups is 1. The molecule has 0 radical (unpaired) electrons. The van der Waals surface area contributed by atoms with Crippen molar-refractivity contribution in [2.75, 3.05) is 13.7 Å². The summed E-state index contributed by atoms with van der Waals surface area (Å²) in [6.45, 7) is 1.96. The summed E-state index contributed by atoms with van der Waals surface area (Å²) in [5.41, 5.74) is 6.64. The number of carbonyl (C=O) groups is 4. The summed E-state index contributed by atoms with van der Waals surface area (Å²) in [6, 6.07) is 13.5. The van der Waals surface area contributed by atoms with Gasteiger partial charge in [0.15, 0.2) is 0 Å². The Morgan fingerprint density at radius 3 is 2.21 bits per heavy atom. The van der Waals surface area contributed by atoms with Crippen molar-refractivity contribution >= 4 is 29.7 Å². The van der Waals surface area contributed by atoms with E-state index in [1.165, 1.54) is 19.2 Å². The van der Waals surface area contributed by atoms with Gasteiger partial charge in [-0.25, -0.2) is 14.6 Å². The van der Waals surface area contributed by atoms with E-state index in [9.17, 15) is 19.2 Å². The minimum absolute atomic E-state index is 0.0668. The average molecular weight is 466 g/mol. The summed E-state index contributed by atoms with van der Waals surface area (Å²) in [6.07, 6.45) is 0.691. The second-order valence-corrected chi connectivity index (χ2v) is 7.70. The molecule has 1 atom stereocenters. The van der Waals surface area contributed by atoms with Gasteiger partial charge >= 0.3 is 12.0 Å². The van der Waals surface area contributed by atoms with Gasteiger partial charge in [0.25, 0.3) is 11.8 Å². The molecule has 2 aromatic carbocycles. The van der Waals surface area contributed by atoms with E-state index < -0.39 is 29.9 Å². The number of hydrogen-bond acceptors (Lipinski definition) is 6. The van der Waals surface area contributed by atoms with Crippen LogP contribution in [0.4, 0.5) is 4.79 Å². The van der Waals surface area contributed by atoms with Gasteiger partial charge < -0.3 is 15.8 Å². The molecule has 0 fully saturated rings. The van der Waals surface area contributed by atoms with E-state index in [-0.39, 0.29) is 24.1 Å². The molecule has 3 N–H and O–H groups in total. The lowest BCUT2D eigenvalue weighted by molar-refractivity contribution is -0.143. The summed E-state index contributed by atoms with van der Waals surface area (Å²) in [4.78, 5) is 55.9. The van der Waals surface area contributed by atoms with Crippen molar-refractivity contribution in [3.05, 3.63) is 71.3 Å². The van der Waals surface area contributed by atoms with Gasteiger partial charge in [0.1, 0.15) is 6.04 Å². The van der Waals surface area contributed by atoms with Crippen LogP contribution in [-0.4, -0.2) is 59.4 Å². The van der Waals surface area contributed by atoms with Crippen LogP contribution >= 0.6 is 0 Å². The molecule has 1 aliphatic rings. The number of hydrazine groups is 1. The Morgan fingerprint density at radius 2 is 1.65 bits per heavy atom. The highest BCUT2D eigenvalue weighted by Gasteiger charge is 2.42. The third kappa shape index (κ3) is 5.58. The number of amidine groups is 1. The van der Waals surface area contributed by atoms with Gasteiger partial charge in [-0.3, -0.25) is 14.6 Å². The number of methoxy groups -OCH3 is 1. The number of carbonyl (C=O) groups excluding carboxylic acids is 4. The zero-order valence-corrected chi connectivity index (χ0v) is 19.1. The first kappa shape index (κ1) is 24.4. The van der Waals surface area contributed by atoms with Gasteiger partial charge in [-0.05, 0) is 37.5 Å². The summed E-state index contributed by atoms with van der Waals surface area (Å²) in [5.74, 6) is -1.47. The number of imide groups is 1. The molecular weight excluding hydrogens is 438 g/mol. The fourth-order valence-corrected chi connectivity index (χ4v) is 3.55. The Balaban J connectivity index is 1.86. The van der Waals surface area contributed by atoms with Gasteiger partial charge in [-0.2, -0.15) is 5.01 Å². The average Bonchev–Trinajstić information content (AvgIpc) is 3.09. The highest BCUT2D eigenvalue weighted by atomic mass is 16.5. The van der Waals surface area contributed by atoms with E-state index in [0.29, 0.717) is 24.4 Å². The number of rotatable bonds is 9. The van der Waals surface area contributed by atoms with Crippen molar-refractivity contribution in [1.82, 2.24) is 15.3 Å². The molecule has 1 heterocycles. The van der Waals surface area contributed by atoms with E-state index in [0.717, 1.165) is 10.0 Å². The maximum atomic E-state index is 13.4. The molecule has 178 valence electrons. The molecule has 1 unspecified atom stereocenters. The van der Waals surface area contributed by atoms with Gasteiger partial charge in [-0.1, -0.05) is 42.5 Å². The number of esters is 1. The number of urea groups is 1. The highest BCUT2D eigenvalue weighted by Crippen LogP contribution is 2.25. The number of nitrogens with zero attached hydrogens (tertiary/aromatic N) is 3. The molecule has 0 aliphatic carbocycles. The fraction of sp³-hybridized carbons (Fsp3) is 0.292. The number of amides is 4. The van der Waals surface area contributed by atoms with Gasteiger partial charge in [0.05, 0.1) is 30.6 Å². The molecule has 0 bridgehead atoms. The molecule has 1 aliphatic heterocycles. The van der Waals surface area contributed by atoms with Crippen LogP contribution in [0.5, 0.6) is 0 Å². The first-order valence-electron chi connectivity index (χ1n) is 10.8. The molecule has 4 amide bonds. The first-order valence-corrected chi connectivity index (χ1v) is 10.8. The van der Waals surface area contributed by atoms with Crippen molar-refractivity contribution in [2.45, 2.75) is 32.4 Å². The zero-order chi connectivity index (χ0) is 24.7. The van der Waals surface area contributed by atoms with E-state index in [1.807, 2.05) is 6.07 Å². The minimum atomic E-state index is -1.00. The third-order valence-corrected chi connectivity index (χ3v) is 5.22. The molecular formula is C24H27N5O5. The van der Waals surface area contributed by atoms with Crippen molar-refractivity contribution in [3.8, 4) is 0 Å². The number of fused-ring (bicyclic) bond motifs is 1. The van der Waals surface area contributed by atoms with E-state index in [2.05, 4.69) is 10.3 Å². The zero-order valence-electron chi connectivity index (χ0n) is 19.1. The Hall–Kier alpha value is -4.21. The minimum Gasteiger partial charge on any atom is -0.467 e. The second-order valence-electron chi connectivity index (χ2n) is 7.70. The summed E-state index contributed by atoms with van der Waals surface area (Å²) >= 11 is 0. The Morgan fingerprint density at radius 1 is 1.06 bits per heavy atom. The molecule has 0 saturated carbocycles. The van der Waals surface area contributed by atoms with Gasteiger partial charge in [0, 0.05) is 6.54 Å². The van der Waals surface area contributed by atoms with Crippen LogP contribution in [0.3, 0.4) is 0 Å². The fourth-order valence-electron chi connectivity index (χ4n) is 3.55. The third-order valence-electron chi connectivity index (χ3n) is 5.22. The van der Waals surface area contributed by atoms with Crippen molar-refractivity contribution in [2.24, 2.45) is 10.7 Å². The monoisotopic (exact) mass is 465 g/mol. The van der Waals surface area contributed by atoms with Crippen LogP contribution in [-0.2, 0) is 16.1 Å². The molecule has 2 aromatic rings. The summed E-state index contributed by atoms with van der Waals surface area (Å²) < 4.78 is 4.83. The lowest BCUT2D eigenvalue weighted by atomic mass is 10.1. The lowest BCUT2D eigenvalue weighted by Crippen LogP contribution is -2.56. The SMILES string of the molecule is COC(=O)C(CCCN=C(C)N)NC(=O)N(Cc1ccccc1)N1C(=O)c2ccccc2C1=O. The van der Waals surface area contributed by atoms with Crippen LogP contribution in [0.1, 0.15) is 46.0 Å². The standard InChI is InChI=1S/C24H27N5O5/c1-16(25)26-14-8-13-20(23(32)34-2)27-24(33)28(15-17-9-4-3-5-10-17)29-21(30)18-11-6-7-12-19(18)22(29)31/h3-7,9-12,20H,8,13-15H2,1-2H3,(H2,25,26)(H,27,33). The number of ether oxygens (including phenoxy) is 1. The van der Waals surface area contributed by atoms with Crippen LogP contribution in [0.2, 0.25) is 0 Å². The smallest absolute Gasteiger partial charge is 0.337 e. The highest BCUT2D eigenvalue weighted by molar-refractivity contribution is 6.21. The van der Waals surface area contributed by atoms with E-state index in [1.54, 1.807) is 43.3 Å². The number of nitrogens with one attached hydrogen (secondary N) is 1. The maximum absolute atomic E-state index is 13.4. The summed E-state index contributed by atoms with van der Waals surface area (Å²) in [7, 11) is 1.22. The molecule has 0 saturated heterocycles. The molecule has 0 spiro atoms. The summed E-state index contributed by atoms with van der Waals surface area (Å²) in [5, 5.41) is 4.43. The Labute approximate surface area is 197 Å². The van der Waals surface area contributed by atoms with Crippen LogP contribution in [0.15, 0.2) is 59.6 Å². The maximum Gasteiger partial charge on any atom is 0.337 e. The predicted molar refractivity (Wildman–Crippen MR) is 125 cm³/mol. The number of benzene rings is 2. The first-order chi connectivity index (χ1) is 16.3.